The third kappa shape index (κ3) is 6.23. The van der Waals surface area contributed by atoms with Crippen molar-refractivity contribution in [1.82, 2.24) is 4.98 Å². The molecule has 0 radical (unpaired) electrons. The predicted octanol–water partition coefficient (Wildman–Crippen LogP) is 5.77. The summed E-state index contributed by atoms with van der Waals surface area (Å²) in [5.41, 5.74) is 3.09. The molecule has 0 saturated carbocycles. The number of benzene rings is 2. The fourth-order valence-corrected chi connectivity index (χ4v) is 3.79. The van der Waals surface area contributed by atoms with E-state index in [0.717, 1.165) is 28.3 Å². The van der Waals surface area contributed by atoms with Crippen molar-refractivity contribution in [3.63, 3.8) is 0 Å². The monoisotopic (exact) mass is 455 g/mol. The molecule has 3 rings (SSSR count). The van der Waals surface area contributed by atoms with Crippen molar-refractivity contribution in [2.45, 2.75) is 52.7 Å². The third-order valence-corrected chi connectivity index (χ3v) is 5.84. The Bertz CT molecular complexity index is 1030. The number of carboxylic acid groups (broad SMARTS) is 1. The van der Waals surface area contributed by atoms with Crippen LogP contribution in [0.25, 0.3) is 10.6 Å². The van der Waals surface area contributed by atoms with Crippen molar-refractivity contribution in [2.24, 2.45) is 0 Å². The molecule has 0 fully saturated rings. The predicted molar refractivity (Wildman–Crippen MR) is 126 cm³/mol. The maximum absolute atomic E-state index is 11.0. The Balaban J connectivity index is 1.56. The second-order valence-corrected chi connectivity index (χ2v) is 8.51. The van der Waals surface area contributed by atoms with Crippen LogP contribution in [-0.4, -0.2) is 34.9 Å². The Kier molecular flexibility index (Phi) is 8.11. The van der Waals surface area contributed by atoms with E-state index in [2.05, 4.69) is 24.0 Å². The zero-order chi connectivity index (χ0) is 23.1. The first-order chi connectivity index (χ1) is 15.4. The summed E-state index contributed by atoms with van der Waals surface area (Å²) in [6, 6.07) is 11.6. The minimum atomic E-state index is -0.999. The lowest BCUT2D eigenvalue weighted by Gasteiger charge is -2.18. The smallest absolute Gasteiger partial charge is 0.344 e. The Hall–Kier alpha value is -3.06. The molecule has 0 spiro atoms. The average Bonchev–Trinajstić information content (AvgIpc) is 3.30. The quantitative estimate of drug-likeness (QED) is 0.395. The van der Waals surface area contributed by atoms with E-state index in [1.165, 1.54) is 12.5 Å². The average molecular weight is 456 g/mol. The van der Waals surface area contributed by atoms with E-state index in [0.29, 0.717) is 24.5 Å². The molecule has 0 aliphatic carbocycles. The highest BCUT2D eigenvalue weighted by Crippen LogP contribution is 2.33. The maximum atomic E-state index is 11.0. The summed E-state index contributed by atoms with van der Waals surface area (Å²) < 4.78 is 17.6. The number of carboxylic acids is 1. The van der Waals surface area contributed by atoms with Gasteiger partial charge in [0.2, 0.25) is 0 Å². The molecule has 2 atom stereocenters. The van der Waals surface area contributed by atoms with E-state index in [1.54, 1.807) is 29.7 Å². The second kappa shape index (κ2) is 11.0. The Labute approximate surface area is 192 Å². The van der Waals surface area contributed by atoms with Crippen LogP contribution < -0.4 is 14.2 Å². The molecule has 0 aliphatic heterocycles. The van der Waals surface area contributed by atoms with E-state index in [4.69, 9.17) is 19.3 Å². The standard InChI is InChI=1S/C25H29NO5S/c1-5-19-6-8-23(21(15-19)24-26-11-13-32-24)30-17(3)10-12-29-20-7-9-22(16(2)14-20)31-18(4)25(27)28/h6-9,11,13-15,17-18H,5,10,12H2,1-4H3,(H,27,28). The minimum Gasteiger partial charge on any atom is -0.493 e. The number of hydrogen-bond donors (Lipinski definition) is 1. The lowest BCUT2D eigenvalue weighted by atomic mass is 10.1. The van der Waals surface area contributed by atoms with Gasteiger partial charge in [-0.15, -0.1) is 11.3 Å². The van der Waals surface area contributed by atoms with Gasteiger partial charge in [-0.1, -0.05) is 13.0 Å². The van der Waals surface area contributed by atoms with Crippen LogP contribution in [-0.2, 0) is 11.2 Å². The van der Waals surface area contributed by atoms with E-state index in [1.807, 2.05) is 31.4 Å². The number of rotatable bonds is 11. The summed E-state index contributed by atoms with van der Waals surface area (Å²) in [5.74, 6) is 1.07. The van der Waals surface area contributed by atoms with E-state index in [-0.39, 0.29) is 6.10 Å². The number of thiazole rings is 1. The van der Waals surface area contributed by atoms with Crippen LogP contribution in [0.2, 0.25) is 0 Å². The van der Waals surface area contributed by atoms with Crippen LogP contribution in [0.15, 0.2) is 48.0 Å². The molecule has 2 unspecified atom stereocenters. The van der Waals surface area contributed by atoms with Gasteiger partial charge in [0.25, 0.3) is 0 Å². The molecular weight excluding hydrogens is 426 g/mol. The molecule has 0 amide bonds. The van der Waals surface area contributed by atoms with Gasteiger partial charge in [-0.25, -0.2) is 9.78 Å². The van der Waals surface area contributed by atoms with Gasteiger partial charge in [-0.05, 0) is 68.7 Å². The van der Waals surface area contributed by atoms with Crippen LogP contribution >= 0.6 is 11.3 Å². The van der Waals surface area contributed by atoms with Crippen LogP contribution in [0, 0.1) is 6.92 Å². The largest absolute Gasteiger partial charge is 0.493 e. The molecule has 6 nitrogen and oxygen atoms in total. The number of aryl methyl sites for hydroxylation is 2. The summed E-state index contributed by atoms with van der Waals surface area (Å²) >= 11 is 1.60. The zero-order valence-corrected chi connectivity index (χ0v) is 19.6. The number of ether oxygens (including phenoxy) is 3. The third-order valence-electron chi connectivity index (χ3n) is 5.03. The van der Waals surface area contributed by atoms with Gasteiger partial charge in [-0.3, -0.25) is 0 Å². The lowest BCUT2D eigenvalue weighted by Crippen LogP contribution is -2.23. The van der Waals surface area contributed by atoms with Crippen LogP contribution in [0.5, 0.6) is 17.2 Å². The summed E-state index contributed by atoms with van der Waals surface area (Å²) in [5, 5.41) is 11.9. The topological polar surface area (TPSA) is 77.9 Å². The van der Waals surface area contributed by atoms with Crippen LogP contribution in [0.1, 0.15) is 38.3 Å². The molecule has 1 N–H and O–H groups in total. The second-order valence-electron chi connectivity index (χ2n) is 7.61. The van der Waals surface area contributed by atoms with Gasteiger partial charge in [0, 0.05) is 18.0 Å². The van der Waals surface area contributed by atoms with Crippen molar-refractivity contribution in [1.29, 1.82) is 0 Å². The zero-order valence-electron chi connectivity index (χ0n) is 18.8. The molecule has 7 heteroatoms. The van der Waals surface area contributed by atoms with E-state index >= 15 is 0 Å². The first kappa shape index (κ1) is 23.6. The molecular formula is C25H29NO5S. The summed E-state index contributed by atoms with van der Waals surface area (Å²) in [7, 11) is 0. The Morgan fingerprint density at radius 3 is 2.56 bits per heavy atom. The number of aliphatic carboxylic acids is 1. The van der Waals surface area contributed by atoms with Crippen molar-refractivity contribution in [3.05, 3.63) is 59.1 Å². The van der Waals surface area contributed by atoms with Crippen molar-refractivity contribution in [2.75, 3.05) is 6.61 Å². The number of nitrogens with zero attached hydrogens (tertiary/aromatic N) is 1. The van der Waals surface area contributed by atoms with Gasteiger partial charge >= 0.3 is 5.97 Å². The van der Waals surface area contributed by atoms with Crippen molar-refractivity contribution in [3.8, 4) is 27.8 Å². The molecule has 0 bridgehead atoms. The molecule has 1 heterocycles. The van der Waals surface area contributed by atoms with Gasteiger partial charge < -0.3 is 19.3 Å². The van der Waals surface area contributed by atoms with Crippen LogP contribution in [0.3, 0.4) is 0 Å². The highest BCUT2D eigenvalue weighted by atomic mass is 32.1. The highest BCUT2D eigenvalue weighted by Gasteiger charge is 2.15. The fraction of sp³-hybridized carbons (Fsp3) is 0.360. The number of carbonyl (C=O) groups is 1. The van der Waals surface area contributed by atoms with Gasteiger partial charge in [0.05, 0.1) is 18.3 Å². The fourth-order valence-electron chi connectivity index (χ4n) is 3.13. The molecule has 170 valence electrons. The number of aromatic nitrogens is 1. The summed E-state index contributed by atoms with van der Waals surface area (Å²) in [6.07, 6.45) is 2.53. The minimum absolute atomic E-state index is 0.0405. The SMILES string of the molecule is CCc1ccc(OC(C)CCOc2ccc(OC(C)C(=O)O)c(C)c2)c(-c2nccs2)c1. The van der Waals surface area contributed by atoms with Gasteiger partial charge in [-0.2, -0.15) is 0 Å². The normalized spacial score (nSPS) is 12.8. The first-order valence-electron chi connectivity index (χ1n) is 10.7. The van der Waals surface area contributed by atoms with Gasteiger partial charge in [0.1, 0.15) is 22.3 Å². The summed E-state index contributed by atoms with van der Waals surface area (Å²) in [6.45, 7) is 8.02. The first-order valence-corrected chi connectivity index (χ1v) is 11.6. The lowest BCUT2D eigenvalue weighted by molar-refractivity contribution is -0.144. The molecule has 2 aromatic carbocycles. The number of hydrogen-bond acceptors (Lipinski definition) is 6. The molecule has 1 aromatic heterocycles. The van der Waals surface area contributed by atoms with Crippen molar-refractivity contribution < 1.29 is 24.1 Å². The Morgan fingerprint density at radius 1 is 1.12 bits per heavy atom. The highest BCUT2D eigenvalue weighted by molar-refractivity contribution is 7.13. The molecule has 32 heavy (non-hydrogen) atoms. The van der Waals surface area contributed by atoms with E-state index < -0.39 is 12.1 Å². The molecule has 0 saturated heterocycles. The Morgan fingerprint density at radius 2 is 1.91 bits per heavy atom. The van der Waals surface area contributed by atoms with Crippen LogP contribution in [0.4, 0.5) is 0 Å². The molecule has 0 aliphatic rings. The summed E-state index contributed by atoms with van der Waals surface area (Å²) in [4.78, 5) is 15.4. The molecule has 3 aromatic rings. The van der Waals surface area contributed by atoms with Gasteiger partial charge in [0.15, 0.2) is 6.10 Å². The van der Waals surface area contributed by atoms with E-state index in [9.17, 15) is 4.79 Å². The van der Waals surface area contributed by atoms with Crippen molar-refractivity contribution >= 4 is 17.3 Å². The maximum Gasteiger partial charge on any atom is 0.344 e.